The number of aromatic nitrogens is 3. The van der Waals surface area contributed by atoms with Gasteiger partial charge in [-0.1, -0.05) is 18.2 Å². The van der Waals surface area contributed by atoms with Gasteiger partial charge in [0.05, 0.1) is 11.0 Å². The molecule has 3 aromatic heterocycles. The highest BCUT2D eigenvalue weighted by Crippen LogP contribution is 2.26. The van der Waals surface area contributed by atoms with Crippen molar-refractivity contribution >= 4 is 27.7 Å². The predicted molar refractivity (Wildman–Crippen MR) is 69.2 cm³/mol. The zero-order chi connectivity index (χ0) is 11.4. The maximum Gasteiger partial charge on any atom is 0.162 e. The minimum Gasteiger partial charge on any atom is -0.327 e. The molecule has 1 aromatic carbocycles. The molecule has 0 unspecified atom stereocenters. The highest BCUT2D eigenvalue weighted by Gasteiger charge is 2.11. The molecule has 4 aromatic rings. The molecule has 0 bridgehead atoms. The number of hydrogen-bond acceptors (Lipinski definition) is 1. The van der Waals surface area contributed by atoms with Crippen molar-refractivity contribution in [1.29, 1.82) is 0 Å². The van der Waals surface area contributed by atoms with Crippen molar-refractivity contribution in [3.05, 3.63) is 48.7 Å². The average molecular weight is 221 g/mol. The summed E-state index contributed by atoms with van der Waals surface area (Å²) in [7, 11) is 2.08. The molecule has 0 saturated carbocycles. The van der Waals surface area contributed by atoms with Gasteiger partial charge in [0, 0.05) is 18.6 Å². The van der Waals surface area contributed by atoms with Gasteiger partial charge < -0.3 is 4.57 Å². The number of aryl methyl sites for hydroxylation is 1. The Bertz CT molecular complexity index is 852. The molecule has 0 atom stereocenters. The number of pyridine rings is 1. The van der Waals surface area contributed by atoms with Crippen LogP contribution >= 0.6 is 0 Å². The zero-order valence-electron chi connectivity index (χ0n) is 9.46. The first-order valence-electron chi connectivity index (χ1n) is 5.66. The molecule has 0 aliphatic heterocycles. The summed E-state index contributed by atoms with van der Waals surface area (Å²) < 4.78 is 4.40. The van der Waals surface area contributed by atoms with Crippen molar-refractivity contribution in [1.82, 2.24) is 14.0 Å². The highest BCUT2D eigenvalue weighted by atomic mass is 15.1. The lowest BCUT2D eigenvalue weighted by Gasteiger charge is -1.94. The van der Waals surface area contributed by atoms with E-state index in [2.05, 4.69) is 57.4 Å². The molecule has 0 radical (unpaired) electrons. The molecule has 0 aliphatic rings. The second kappa shape index (κ2) is 2.88. The summed E-state index contributed by atoms with van der Waals surface area (Å²) in [6.07, 6.45) is 1.84. The van der Waals surface area contributed by atoms with Crippen molar-refractivity contribution in [2.45, 2.75) is 0 Å². The van der Waals surface area contributed by atoms with Gasteiger partial charge in [0.15, 0.2) is 5.65 Å². The van der Waals surface area contributed by atoms with Crippen LogP contribution in [0.2, 0.25) is 0 Å². The molecule has 4 rings (SSSR count). The van der Waals surface area contributed by atoms with Crippen LogP contribution in [-0.2, 0) is 7.05 Å². The predicted octanol–water partition coefficient (Wildman–Crippen LogP) is 2.98. The molecule has 3 heterocycles. The summed E-state index contributed by atoms with van der Waals surface area (Å²) in [6.45, 7) is 0. The van der Waals surface area contributed by atoms with Crippen LogP contribution in [0.15, 0.2) is 48.7 Å². The van der Waals surface area contributed by atoms with Crippen LogP contribution in [0, 0.1) is 0 Å². The van der Waals surface area contributed by atoms with E-state index in [-0.39, 0.29) is 0 Å². The first-order chi connectivity index (χ1) is 8.36. The Kier molecular flexibility index (Phi) is 1.50. The van der Waals surface area contributed by atoms with E-state index < -0.39 is 0 Å². The lowest BCUT2D eigenvalue weighted by molar-refractivity contribution is 0.996. The summed E-state index contributed by atoms with van der Waals surface area (Å²) in [6, 6.07) is 14.7. The summed E-state index contributed by atoms with van der Waals surface area (Å²) in [5, 5.41) is 1.26. The SMILES string of the molecule is Cn1c2cccnc2n2c3ccccc3cc12. The van der Waals surface area contributed by atoms with Crippen LogP contribution in [0.1, 0.15) is 0 Å². The van der Waals surface area contributed by atoms with E-state index >= 15 is 0 Å². The van der Waals surface area contributed by atoms with Crippen molar-refractivity contribution in [2.24, 2.45) is 7.05 Å². The highest BCUT2D eigenvalue weighted by molar-refractivity contribution is 5.93. The van der Waals surface area contributed by atoms with Gasteiger partial charge in [-0.25, -0.2) is 4.98 Å². The molecule has 3 heteroatoms. The minimum atomic E-state index is 1.02. The normalized spacial score (nSPS) is 11.8. The molecule has 3 nitrogen and oxygen atoms in total. The standard InChI is InChI=1S/C14H11N3/c1-16-12-7-4-8-15-14(12)17-11-6-3-2-5-10(11)9-13(16)17/h2-9H,1H3. The molecule has 0 N–H and O–H groups in total. The fraction of sp³-hybridized carbons (Fsp3) is 0.0714. The number of fused-ring (bicyclic) bond motifs is 5. The van der Waals surface area contributed by atoms with E-state index in [1.807, 2.05) is 12.3 Å². The second-order valence-corrected chi connectivity index (χ2v) is 4.30. The minimum absolute atomic E-state index is 1.02. The quantitative estimate of drug-likeness (QED) is 0.447. The van der Waals surface area contributed by atoms with E-state index in [0.29, 0.717) is 0 Å². The molecule has 0 fully saturated rings. The van der Waals surface area contributed by atoms with Crippen LogP contribution in [0.3, 0.4) is 0 Å². The Morgan fingerprint density at radius 1 is 1.00 bits per heavy atom. The van der Waals surface area contributed by atoms with E-state index in [1.165, 1.54) is 16.6 Å². The summed E-state index contributed by atoms with van der Waals surface area (Å²) in [5.74, 6) is 0. The van der Waals surface area contributed by atoms with Crippen LogP contribution in [0.25, 0.3) is 27.7 Å². The van der Waals surface area contributed by atoms with Gasteiger partial charge in [-0.05, 0) is 24.3 Å². The maximum absolute atomic E-state index is 4.49. The summed E-state index contributed by atoms with van der Waals surface area (Å²) in [5.41, 5.74) is 4.58. The Labute approximate surface area is 97.9 Å². The Hall–Kier alpha value is -2.29. The van der Waals surface area contributed by atoms with Gasteiger partial charge in [-0.3, -0.25) is 4.40 Å². The first kappa shape index (κ1) is 8.82. The number of hydrogen-bond donors (Lipinski definition) is 0. The van der Waals surface area contributed by atoms with Gasteiger partial charge in [0.2, 0.25) is 0 Å². The van der Waals surface area contributed by atoms with Crippen LogP contribution < -0.4 is 0 Å². The number of rotatable bonds is 0. The Balaban J connectivity index is 2.41. The van der Waals surface area contributed by atoms with Crippen molar-refractivity contribution in [3.8, 4) is 0 Å². The first-order valence-corrected chi connectivity index (χ1v) is 5.66. The van der Waals surface area contributed by atoms with Gasteiger partial charge in [-0.2, -0.15) is 0 Å². The molecule has 0 saturated heterocycles. The average Bonchev–Trinajstić information content (AvgIpc) is 2.88. The zero-order valence-corrected chi connectivity index (χ0v) is 9.46. The fourth-order valence-corrected chi connectivity index (χ4v) is 2.56. The van der Waals surface area contributed by atoms with Gasteiger partial charge in [-0.15, -0.1) is 0 Å². The molecule has 0 aliphatic carbocycles. The van der Waals surface area contributed by atoms with Crippen LogP contribution in [0.4, 0.5) is 0 Å². The third kappa shape index (κ3) is 0.984. The van der Waals surface area contributed by atoms with Crippen LogP contribution in [-0.4, -0.2) is 14.0 Å². The molecule has 0 spiro atoms. The number of nitrogens with zero attached hydrogens (tertiary/aromatic N) is 3. The molecule has 17 heavy (non-hydrogen) atoms. The van der Waals surface area contributed by atoms with E-state index in [0.717, 1.165) is 11.2 Å². The van der Waals surface area contributed by atoms with Crippen LogP contribution in [0.5, 0.6) is 0 Å². The topological polar surface area (TPSA) is 22.2 Å². The van der Waals surface area contributed by atoms with Gasteiger partial charge in [0.25, 0.3) is 0 Å². The summed E-state index contributed by atoms with van der Waals surface area (Å²) >= 11 is 0. The van der Waals surface area contributed by atoms with E-state index in [1.54, 1.807) is 0 Å². The van der Waals surface area contributed by atoms with Gasteiger partial charge >= 0.3 is 0 Å². The van der Waals surface area contributed by atoms with E-state index in [9.17, 15) is 0 Å². The number of para-hydroxylation sites is 1. The smallest absolute Gasteiger partial charge is 0.162 e. The third-order valence-corrected chi connectivity index (χ3v) is 3.37. The van der Waals surface area contributed by atoms with Crippen molar-refractivity contribution < 1.29 is 0 Å². The molecule has 82 valence electrons. The maximum atomic E-state index is 4.49. The Morgan fingerprint density at radius 2 is 1.82 bits per heavy atom. The lowest BCUT2D eigenvalue weighted by Crippen LogP contribution is -1.85. The monoisotopic (exact) mass is 221 g/mol. The molecular formula is C14H11N3. The number of benzene rings is 1. The lowest BCUT2D eigenvalue weighted by atomic mass is 10.2. The third-order valence-electron chi connectivity index (χ3n) is 3.37. The summed E-state index contributed by atoms with van der Waals surface area (Å²) in [4.78, 5) is 4.49. The Morgan fingerprint density at radius 3 is 2.76 bits per heavy atom. The fourth-order valence-electron chi connectivity index (χ4n) is 2.56. The number of imidazole rings is 1. The largest absolute Gasteiger partial charge is 0.327 e. The van der Waals surface area contributed by atoms with Crippen molar-refractivity contribution in [2.75, 3.05) is 0 Å². The molecule has 0 amide bonds. The molecular weight excluding hydrogens is 210 g/mol. The van der Waals surface area contributed by atoms with E-state index in [4.69, 9.17) is 0 Å². The van der Waals surface area contributed by atoms with Crippen molar-refractivity contribution in [3.63, 3.8) is 0 Å². The second-order valence-electron chi connectivity index (χ2n) is 4.30. The van der Waals surface area contributed by atoms with Gasteiger partial charge in [0.1, 0.15) is 5.65 Å².